The first kappa shape index (κ1) is 12.2. The summed E-state index contributed by atoms with van der Waals surface area (Å²) in [6.45, 7) is 0.200. The molecule has 16 heavy (non-hydrogen) atoms. The van der Waals surface area contributed by atoms with E-state index in [1.54, 1.807) is 12.1 Å². The van der Waals surface area contributed by atoms with Gasteiger partial charge < -0.3 is 9.47 Å². The van der Waals surface area contributed by atoms with E-state index in [1.165, 1.54) is 7.11 Å². The minimum Gasteiger partial charge on any atom is -0.438 e. The van der Waals surface area contributed by atoms with Crippen LogP contribution in [0.3, 0.4) is 0 Å². The standard InChI is InChI=1S/C12H14O4/c1-15-12(14)16-9-5-8-11(13)10-6-3-2-4-7-10/h2-4,6-7H,5,8-9H2,1H3. The van der Waals surface area contributed by atoms with Crippen LogP contribution in [0, 0.1) is 0 Å². The van der Waals surface area contributed by atoms with E-state index in [4.69, 9.17) is 0 Å². The first-order chi connectivity index (χ1) is 7.74. The highest BCUT2D eigenvalue weighted by Crippen LogP contribution is 2.05. The number of rotatable bonds is 5. The number of hydrogen-bond donors (Lipinski definition) is 0. The molecule has 0 bridgehead atoms. The van der Waals surface area contributed by atoms with Gasteiger partial charge in [-0.1, -0.05) is 30.3 Å². The molecular formula is C12H14O4. The molecule has 4 nitrogen and oxygen atoms in total. The lowest BCUT2D eigenvalue weighted by atomic mass is 10.1. The van der Waals surface area contributed by atoms with Gasteiger partial charge in [-0.3, -0.25) is 4.79 Å². The van der Waals surface area contributed by atoms with Crippen LogP contribution in [0.4, 0.5) is 4.79 Å². The second-order valence-corrected chi connectivity index (χ2v) is 3.20. The Bertz CT molecular complexity index is 345. The first-order valence-corrected chi connectivity index (χ1v) is 5.03. The third-order valence-electron chi connectivity index (χ3n) is 2.03. The van der Waals surface area contributed by atoms with Crippen LogP contribution in [-0.4, -0.2) is 25.7 Å². The molecule has 0 radical (unpaired) electrons. The summed E-state index contributed by atoms with van der Waals surface area (Å²) >= 11 is 0. The molecular weight excluding hydrogens is 208 g/mol. The smallest absolute Gasteiger partial charge is 0.438 e. The molecule has 0 aliphatic rings. The van der Waals surface area contributed by atoms with Crippen LogP contribution in [0.5, 0.6) is 0 Å². The maximum Gasteiger partial charge on any atom is 0.507 e. The summed E-state index contributed by atoms with van der Waals surface area (Å²) in [5, 5.41) is 0. The fraction of sp³-hybridized carbons (Fsp3) is 0.333. The molecule has 0 heterocycles. The van der Waals surface area contributed by atoms with Crippen LogP contribution in [0.1, 0.15) is 23.2 Å². The van der Waals surface area contributed by atoms with E-state index in [1.807, 2.05) is 18.2 Å². The highest BCUT2D eigenvalue weighted by Gasteiger charge is 2.05. The molecule has 0 aliphatic heterocycles. The Balaban J connectivity index is 2.24. The Labute approximate surface area is 94.2 Å². The molecule has 1 rings (SSSR count). The average Bonchev–Trinajstić information content (AvgIpc) is 2.35. The van der Waals surface area contributed by atoms with Gasteiger partial charge in [0.05, 0.1) is 13.7 Å². The van der Waals surface area contributed by atoms with Crippen molar-refractivity contribution in [3.8, 4) is 0 Å². The van der Waals surface area contributed by atoms with Crippen molar-refractivity contribution < 1.29 is 19.1 Å². The van der Waals surface area contributed by atoms with Gasteiger partial charge >= 0.3 is 6.16 Å². The zero-order valence-corrected chi connectivity index (χ0v) is 9.14. The number of carbonyl (C=O) groups is 2. The van der Waals surface area contributed by atoms with Gasteiger partial charge in [-0.05, 0) is 6.42 Å². The van der Waals surface area contributed by atoms with E-state index < -0.39 is 6.16 Å². The highest BCUT2D eigenvalue weighted by molar-refractivity contribution is 5.95. The fourth-order valence-corrected chi connectivity index (χ4v) is 1.22. The van der Waals surface area contributed by atoms with E-state index >= 15 is 0 Å². The summed E-state index contributed by atoms with van der Waals surface area (Å²) in [5.41, 5.74) is 0.681. The summed E-state index contributed by atoms with van der Waals surface area (Å²) in [4.78, 5) is 22.2. The summed E-state index contributed by atoms with van der Waals surface area (Å²) in [6, 6.07) is 9.03. The molecule has 0 atom stereocenters. The molecule has 0 spiro atoms. The topological polar surface area (TPSA) is 52.6 Å². The van der Waals surface area contributed by atoms with Crippen LogP contribution >= 0.6 is 0 Å². The third kappa shape index (κ3) is 4.13. The maximum atomic E-state index is 11.6. The van der Waals surface area contributed by atoms with Crippen LogP contribution in [0.25, 0.3) is 0 Å². The quantitative estimate of drug-likeness (QED) is 0.436. The van der Waals surface area contributed by atoms with Crippen molar-refractivity contribution in [2.24, 2.45) is 0 Å². The molecule has 0 N–H and O–H groups in total. The predicted molar refractivity (Wildman–Crippen MR) is 58.4 cm³/mol. The molecule has 1 aromatic carbocycles. The van der Waals surface area contributed by atoms with Gasteiger partial charge in [0, 0.05) is 12.0 Å². The Morgan fingerprint density at radius 2 is 1.88 bits per heavy atom. The van der Waals surface area contributed by atoms with E-state index in [2.05, 4.69) is 9.47 Å². The Morgan fingerprint density at radius 1 is 1.19 bits per heavy atom. The molecule has 0 amide bonds. The van der Waals surface area contributed by atoms with Crippen LogP contribution in [0.15, 0.2) is 30.3 Å². The summed E-state index contributed by atoms with van der Waals surface area (Å²) < 4.78 is 8.96. The van der Waals surface area contributed by atoms with E-state index in [-0.39, 0.29) is 12.4 Å². The van der Waals surface area contributed by atoms with Gasteiger partial charge in [-0.15, -0.1) is 0 Å². The lowest BCUT2D eigenvalue weighted by molar-refractivity contribution is 0.0696. The van der Waals surface area contributed by atoms with Crippen molar-refractivity contribution in [1.29, 1.82) is 0 Å². The number of methoxy groups -OCH3 is 1. The third-order valence-corrected chi connectivity index (χ3v) is 2.03. The summed E-state index contributed by atoms with van der Waals surface area (Å²) in [5.74, 6) is 0.0501. The molecule has 0 fully saturated rings. The Morgan fingerprint density at radius 3 is 2.50 bits per heavy atom. The SMILES string of the molecule is COC(=O)OCCCC(=O)c1ccccc1. The number of benzene rings is 1. The lowest BCUT2D eigenvalue weighted by Crippen LogP contribution is -2.07. The molecule has 0 aromatic heterocycles. The Kier molecular flexibility index (Phi) is 5.05. The fourth-order valence-electron chi connectivity index (χ4n) is 1.22. The maximum absolute atomic E-state index is 11.6. The molecule has 0 aliphatic carbocycles. The predicted octanol–water partition coefficient (Wildman–Crippen LogP) is 2.43. The number of ketones is 1. The first-order valence-electron chi connectivity index (χ1n) is 5.03. The van der Waals surface area contributed by atoms with E-state index in [9.17, 15) is 9.59 Å². The molecule has 4 heteroatoms. The van der Waals surface area contributed by atoms with Crippen LogP contribution in [-0.2, 0) is 9.47 Å². The van der Waals surface area contributed by atoms with Gasteiger partial charge in [0.15, 0.2) is 5.78 Å². The molecule has 1 aromatic rings. The van der Waals surface area contributed by atoms with Crippen molar-refractivity contribution in [3.05, 3.63) is 35.9 Å². The zero-order chi connectivity index (χ0) is 11.8. The summed E-state index contributed by atoms with van der Waals surface area (Å²) in [7, 11) is 1.25. The normalized spacial score (nSPS) is 9.56. The largest absolute Gasteiger partial charge is 0.507 e. The van der Waals surface area contributed by atoms with Crippen LogP contribution in [0.2, 0.25) is 0 Å². The number of carbonyl (C=O) groups excluding carboxylic acids is 2. The highest BCUT2D eigenvalue weighted by atomic mass is 16.7. The monoisotopic (exact) mass is 222 g/mol. The molecule has 0 saturated carbocycles. The lowest BCUT2D eigenvalue weighted by Gasteiger charge is -2.02. The number of Topliss-reactive ketones (excluding diaryl/α,β-unsaturated/α-hetero) is 1. The van der Waals surface area contributed by atoms with E-state index in [0.29, 0.717) is 18.4 Å². The second-order valence-electron chi connectivity index (χ2n) is 3.20. The van der Waals surface area contributed by atoms with E-state index in [0.717, 1.165) is 0 Å². The van der Waals surface area contributed by atoms with Crippen molar-refractivity contribution in [1.82, 2.24) is 0 Å². The van der Waals surface area contributed by atoms with Gasteiger partial charge in [-0.25, -0.2) is 4.79 Å². The number of ether oxygens (including phenoxy) is 2. The van der Waals surface area contributed by atoms with Gasteiger partial charge in [0.1, 0.15) is 0 Å². The molecule has 0 saturated heterocycles. The van der Waals surface area contributed by atoms with Crippen molar-refractivity contribution in [2.45, 2.75) is 12.8 Å². The Hall–Kier alpha value is -1.84. The van der Waals surface area contributed by atoms with Gasteiger partial charge in [-0.2, -0.15) is 0 Å². The van der Waals surface area contributed by atoms with Crippen molar-refractivity contribution >= 4 is 11.9 Å². The second kappa shape index (κ2) is 6.61. The minimum absolute atomic E-state index is 0.0501. The van der Waals surface area contributed by atoms with Crippen molar-refractivity contribution in [2.75, 3.05) is 13.7 Å². The minimum atomic E-state index is -0.716. The van der Waals surface area contributed by atoms with Crippen LogP contribution < -0.4 is 0 Å². The average molecular weight is 222 g/mol. The molecule has 0 unspecified atom stereocenters. The van der Waals surface area contributed by atoms with Crippen molar-refractivity contribution in [3.63, 3.8) is 0 Å². The zero-order valence-electron chi connectivity index (χ0n) is 9.14. The number of hydrogen-bond acceptors (Lipinski definition) is 4. The van der Waals surface area contributed by atoms with Gasteiger partial charge in [0.25, 0.3) is 0 Å². The van der Waals surface area contributed by atoms with Gasteiger partial charge in [0.2, 0.25) is 0 Å². The summed E-state index contributed by atoms with van der Waals surface area (Å²) in [6.07, 6.45) is 0.149. The molecule has 86 valence electrons.